The van der Waals surface area contributed by atoms with E-state index in [1.54, 1.807) is 17.8 Å². The first-order chi connectivity index (χ1) is 15.3. The van der Waals surface area contributed by atoms with Gasteiger partial charge in [-0.2, -0.15) is 5.10 Å². The van der Waals surface area contributed by atoms with Crippen LogP contribution in [-0.2, 0) is 20.1 Å². The summed E-state index contributed by atoms with van der Waals surface area (Å²) in [6.07, 6.45) is 1.27. The summed E-state index contributed by atoms with van der Waals surface area (Å²) in [5, 5.41) is 10.3. The van der Waals surface area contributed by atoms with Crippen molar-refractivity contribution in [3.63, 3.8) is 0 Å². The van der Waals surface area contributed by atoms with Crippen LogP contribution in [0.4, 0.5) is 14.6 Å². The van der Waals surface area contributed by atoms with Crippen LogP contribution in [0.15, 0.2) is 42.7 Å². The third kappa shape index (κ3) is 4.49. The summed E-state index contributed by atoms with van der Waals surface area (Å²) in [6, 6.07) is 8.64. The number of nitrogens with zero attached hydrogens (tertiary/aromatic N) is 4. The zero-order valence-corrected chi connectivity index (χ0v) is 18.2. The van der Waals surface area contributed by atoms with E-state index in [0.29, 0.717) is 29.0 Å². The molecule has 7 nitrogen and oxygen atoms in total. The third-order valence-electron chi connectivity index (χ3n) is 4.72. The minimum Gasteiger partial charge on any atom is -0.364 e. The van der Waals surface area contributed by atoms with Crippen LogP contribution in [0, 0.1) is 11.6 Å². The molecule has 2 heterocycles. The van der Waals surface area contributed by atoms with Crippen LogP contribution in [0.5, 0.6) is 0 Å². The van der Waals surface area contributed by atoms with Crippen LogP contribution in [-0.4, -0.2) is 25.7 Å². The Labute approximate surface area is 191 Å². The van der Waals surface area contributed by atoms with Gasteiger partial charge in [0.1, 0.15) is 29.0 Å². The normalized spacial score (nSPS) is 11.0. The lowest BCUT2D eigenvalue weighted by molar-refractivity contribution is 0.0947. The molecule has 0 atom stereocenters. The number of amides is 1. The Bertz CT molecular complexity index is 1330. The first kappa shape index (κ1) is 21.9. The Hall–Kier alpha value is -3.30. The van der Waals surface area contributed by atoms with Crippen molar-refractivity contribution in [2.24, 2.45) is 7.05 Å². The van der Waals surface area contributed by atoms with Crippen molar-refractivity contribution in [3.05, 3.63) is 81.2 Å². The van der Waals surface area contributed by atoms with Crippen molar-refractivity contribution >= 4 is 46.0 Å². The van der Waals surface area contributed by atoms with Gasteiger partial charge in [0, 0.05) is 20.1 Å². The summed E-state index contributed by atoms with van der Waals surface area (Å²) in [5.74, 6) is -0.932. The quantitative estimate of drug-likeness (QED) is 0.428. The Kier molecular flexibility index (Phi) is 6.20. The first-order valence-corrected chi connectivity index (χ1v) is 10.2. The Morgan fingerprint density at radius 3 is 2.22 bits per heavy atom. The number of nitrogens with one attached hydrogen (secondary N) is 2. The number of carbonyl (C=O) groups excluding carboxylic acids is 1. The van der Waals surface area contributed by atoms with Crippen LogP contribution in [0.2, 0.25) is 10.0 Å². The first-order valence-electron chi connectivity index (χ1n) is 9.41. The number of halogens is 4. The molecule has 0 aliphatic heterocycles. The highest BCUT2D eigenvalue weighted by molar-refractivity contribution is 6.31. The van der Waals surface area contributed by atoms with Gasteiger partial charge in [0.25, 0.3) is 5.91 Å². The van der Waals surface area contributed by atoms with Crippen LogP contribution in [0.1, 0.15) is 21.6 Å². The Balaban J connectivity index is 1.53. The molecule has 2 aromatic heterocycles. The molecule has 0 fully saturated rings. The fourth-order valence-corrected chi connectivity index (χ4v) is 3.52. The summed E-state index contributed by atoms with van der Waals surface area (Å²) in [6.45, 7) is 0.471. The van der Waals surface area contributed by atoms with Crippen molar-refractivity contribution in [3.8, 4) is 0 Å². The molecule has 0 bridgehead atoms. The minimum absolute atomic E-state index is 0.0240. The second kappa shape index (κ2) is 9.05. The average Bonchev–Trinajstić information content (AvgIpc) is 3.10. The fourth-order valence-electron chi connectivity index (χ4n) is 3.12. The number of hydrogen-bond donors (Lipinski definition) is 2. The molecule has 0 saturated carbocycles. The number of carbonyl (C=O) groups is 1. The topological polar surface area (TPSA) is 84.7 Å². The number of benzene rings is 2. The van der Waals surface area contributed by atoms with Gasteiger partial charge in [-0.15, -0.1) is 0 Å². The highest BCUT2D eigenvalue weighted by Gasteiger charge is 2.19. The van der Waals surface area contributed by atoms with Crippen molar-refractivity contribution < 1.29 is 13.6 Å². The molecular formula is C21H16Cl2F2N6O. The maximum atomic E-state index is 13.4. The fraction of sp³-hybridized carbons (Fsp3) is 0.143. The summed E-state index contributed by atoms with van der Waals surface area (Å²) in [4.78, 5) is 21.0. The van der Waals surface area contributed by atoms with E-state index in [4.69, 9.17) is 23.2 Å². The van der Waals surface area contributed by atoms with E-state index in [0.717, 1.165) is 5.56 Å². The van der Waals surface area contributed by atoms with E-state index in [-0.39, 0.29) is 22.3 Å². The van der Waals surface area contributed by atoms with Gasteiger partial charge in [0.05, 0.1) is 10.0 Å². The zero-order chi connectivity index (χ0) is 22.8. The predicted octanol–water partition coefficient (Wildman–Crippen LogP) is 4.49. The SMILES string of the molecule is Cn1nc2c(C(=O)NCc3ccc(F)c(Cl)c3)ncnc2c1NCc1ccc(F)c(Cl)c1. The highest BCUT2D eigenvalue weighted by Crippen LogP contribution is 2.24. The highest BCUT2D eigenvalue weighted by atomic mass is 35.5. The Morgan fingerprint density at radius 2 is 1.59 bits per heavy atom. The summed E-state index contributed by atoms with van der Waals surface area (Å²) in [5.41, 5.74) is 2.25. The van der Waals surface area contributed by atoms with Gasteiger partial charge < -0.3 is 10.6 Å². The van der Waals surface area contributed by atoms with Gasteiger partial charge in [-0.3, -0.25) is 9.48 Å². The van der Waals surface area contributed by atoms with E-state index in [2.05, 4.69) is 25.7 Å². The lowest BCUT2D eigenvalue weighted by atomic mass is 10.2. The molecule has 0 radical (unpaired) electrons. The number of rotatable bonds is 6. The molecule has 4 rings (SSSR count). The van der Waals surface area contributed by atoms with Crippen molar-refractivity contribution in [2.45, 2.75) is 13.1 Å². The molecule has 11 heteroatoms. The summed E-state index contributed by atoms with van der Waals surface area (Å²) < 4.78 is 28.2. The molecule has 0 saturated heterocycles. The third-order valence-corrected chi connectivity index (χ3v) is 5.30. The molecule has 4 aromatic rings. The van der Waals surface area contributed by atoms with E-state index >= 15 is 0 Å². The molecule has 0 aliphatic carbocycles. The second-order valence-corrected chi connectivity index (χ2v) is 7.74. The van der Waals surface area contributed by atoms with E-state index in [1.165, 1.54) is 36.7 Å². The zero-order valence-electron chi connectivity index (χ0n) is 16.7. The van der Waals surface area contributed by atoms with Crippen LogP contribution in [0.3, 0.4) is 0 Å². The molecule has 0 spiro atoms. The van der Waals surface area contributed by atoms with E-state index < -0.39 is 17.5 Å². The van der Waals surface area contributed by atoms with Crippen molar-refractivity contribution in [1.29, 1.82) is 0 Å². The number of fused-ring (bicyclic) bond motifs is 1. The molecule has 0 aliphatic rings. The lowest BCUT2D eigenvalue weighted by Gasteiger charge is -2.08. The molecule has 0 unspecified atom stereocenters. The Morgan fingerprint density at radius 1 is 0.969 bits per heavy atom. The van der Waals surface area contributed by atoms with Crippen molar-refractivity contribution in [1.82, 2.24) is 25.1 Å². The molecule has 32 heavy (non-hydrogen) atoms. The van der Waals surface area contributed by atoms with Gasteiger partial charge in [-0.05, 0) is 35.4 Å². The standard InChI is InChI=1S/C21H16Cl2F2N6O/c1-31-20(26-8-11-2-4-15(24)13(22)6-11)18-17(30-31)19(29-10-28-18)21(32)27-9-12-3-5-16(25)14(23)7-12/h2-7,10,26H,8-9H2,1H3,(H,27,32). The molecule has 164 valence electrons. The van der Waals surface area contributed by atoms with Crippen LogP contribution < -0.4 is 10.6 Å². The minimum atomic E-state index is -0.532. The van der Waals surface area contributed by atoms with Gasteiger partial charge in [0.15, 0.2) is 11.5 Å². The molecule has 2 N–H and O–H groups in total. The van der Waals surface area contributed by atoms with E-state index in [9.17, 15) is 13.6 Å². The number of anilines is 1. The predicted molar refractivity (Wildman–Crippen MR) is 118 cm³/mol. The maximum absolute atomic E-state index is 13.4. The van der Waals surface area contributed by atoms with E-state index in [1.807, 2.05) is 0 Å². The average molecular weight is 477 g/mol. The van der Waals surface area contributed by atoms with Crippen molar-refractivity contribution in [2.75, 3.05) is 5.32 Å². The number of aryl methyl sites for hydroxylation is 1. The summed E-state index contributed by atoms with van der Waals surface area (Å²) in [7, 11) is 1.70. The molecular weight excluding hydrogens is 461 g/mol. The largest absolute Gasteiger partial charge is 0.364 e. The van der Waals surface area contributed by atoms with Gasteiger partial charge in [0.2, 0.25) is 0 Å². The van der Waals surface area contributed by atoms with Crippen LogP contribution >= 0.6 is 23.2 Å². The summed E-state index contributed by atoms with van der Waals surface area (Å²) >= 11 is 11.6. The maximum Gasteiger partial charge on any atom is 0.272 e. The van der Waals surface area contributed by atoms with Gasteiger partial charge in [-0.25, -0.2) is 18.7 Å². The lowest BCUT2D eigenvalue weighted by Crippen LogP contribution is -2.24. The smallest absolute Gasteiger partial charge is 0.272 e. The van der Waals surface area contributed by atoms with Gasteiger partial charge in [-0.1, -0.05) is 35.3 Å². The monoisotopic (exact) mass is 476 g/mol. The number of aromatic nitrogens is 4. The number of hydrogen-bond acceptors (Lipinski definition) is 5. The van der Waals surface area contributed by atoms with Crippen LogP contribution in [0.25, 0.3) is 11.0 Å². The molecule has 2 aromatic carbocycles. The van der Waals surface area contributed by atoms with Gasteiger partial charge >= 0.3 is 0 Å². The molecule has 1 amide bonds. The second-order valence-electron chi connectivity index (χ2n) is 6.92.